The number of anilines is 1. The first-order valence-corrected chi connectivity index (χ1v) is 10.0. The number of benzene rings is 2. The number of carbonyl (C=O) groups excluding carboxylic acids is 2. The number of alkyl halides is 3. The van der Waals surface area contributed by atoms with Crippen LogP contribution in [0.5, 0.6) is 0 Å². The quantitative estimate of drug-likeness (QED) is 0.556. The minimum absolute atomic E-state index is 0.218. The van der Waals surface area contributed by atoms with Crippen molar-refractivity contribution in [2.45, 2.75) is 45.7 Å². The van der Waals surface area contributed by atoms with Gasteiger partial charge in [-0.05, 0) is 50.1 Å². The number of carbonyl (C=O) groups is 2. The van der Waals surface area contributed by atoms with Gasteiger partial charge in [-0.25, -0.2) is 0 Å². The second-order valence-electron chi connectivity index (χ2n) is 7.17. The average Bonchev–Trinajstić information content (AvgIpc) is 2.71. The summed E-state index contributed by atoms with van der Waals surface area (Å²) in [5.41, 5.74) is 1.01. The summed E-state index contributed by atoms with van der Waals surface area (Å²) in [6.07, 6.45) is -2.31. The second-order valence-corrected chi connectivity index (χ2v) is 7.17. The number of rotatable bonds is 9. The molecule has 0 saturated heterocycles. The number of nitrogens with zero attached hydrogens (tertiary/aromatic N) is 1. The van der Waals surface area contributed by atoms with Crippen LogP contribution >= 0.6 is 0 Å². The Hall–Kier alpha value is -2.83. The second kappa shape index (κ2) is 10.8. The highest BCUT2D eigenvalue weighted by Crippen LogP contribution is 2.32. The predicted molar refractivity (Wildman–Crippen MR) is 111 cm³/mol. The van der Waals surface area contributed by atoms with Gasteiger partial charge in [-0.2, -0.15) is 13.2 Å². The molecule has 7 heteroatoms. The maximum atomic E-state index is 13.1. The van der Waals surface area contributed by atoms with E-state index in [0.29, 0.717) is 24.9 Å². The molecule has 0 unspecified atom stereocenters. The Morgan fingerprint density at radius 3 is 2.37 bits per heavy atom. The monoisotopic (exact) mass is 420 g/mol. The topological polar surface area (TPSA) is 49.4 Å². The van der Waals surface area contributed by atoms with E-state index in [4.69, 9.17) is 0 Å². The highest BCUT2D eigenvalue weighted by Gasteiger charge is 2.31. The zero-order valence-corrected chi connectivity index (χ0v) is 17.3. The molecule has 0 heterocycles. The van der Waals surface area contributed by atoms with E-state index in [9.17, 15) is 22.8 Å². The molecule has 30 heavy (non-hydrogen) atoms. The lowest BCUT2D eigenvalue weighted by Gasteiger charge is -2.24. The van der Waals surface area contributed by atoms with E-state index in [1.807, 2.05) is 26.0 Å². The van der Waals surface area contributed by atoms with Crippen molar-refractivity contribution in [1.29, 1.82) is 0 Å². The highest BCUT2D eigenvalue weighted by atomic mass is 19.4. The van der Waals surface area contributed by atoms with Crippen molar-refractivity contribution in [3.63, 3.8) is 0 Å². The summed E-state index contributed by atoms with van der Waals surface area (Å²) in [5.74, 6) is -0.445. The lowest BCUT2D eigenvalue weighted by molar-refractivity contribution is -0.137. The summed E-state index contributed by atoms with van der Waals surface area (Å²) >= 11 is 0. The number of hydrogen-bond acceptors (Lipinski definition) is 2. The number of amides is 2. The van der Waals surface area contributed by atoms with Gasteiger partial charge in [-0.1, -0.05) is 37.1 Å². The molecule has 0 atom stereocenters. The smallest absolute Gasteiger partial charge is 0.352 e. The Kier molecular flexibility index (Phi) is 8.45. The molecule has 0 fully saturated rings. The number of unbranched alkanes of at least 4 members (excludes halogenated alkanes) is 1. The lowest BCUT2D eigenvalue weighted by Crippen LogP contribution is -2.34. The van der Waals surface area contributed by atoms with E-state index in [0.717, 1.165) is 24.1 Å². The van der Waals surface area contributed by atoms with E-state index < -0.39 is 11.7 Å². The third-order valence-electron chi connectivity index (χ3n) is 4.69. The zero-order valence-electron chi connectivity index (χ0n) is 17.3. The Morgan fingerprint density at radius 2 is 1.73 bits per heavy atom. The molecule has 4 nitrogen and oxygen atoms in total. The summed E-state index contributed by atoms with van der Waals surface area (Å²) in [7, 11) is 0. The molecule has 2 aromatic rings. The fraction of sp³-hybridized carbons (Fsp3) is 0.391. The number of halogens is 3. The molecule has 162 valence electrons. The predicted octanol–water partition coefficient (Wildman–Crippen LogP) is 5.36. The van der Waals surface area contributed by atoms with Crippen molar-refractivity contribution in [2.24, 2.45) is 0 Å². The standard InChI is InChI=1S/C23H27F3N2O2/c1-3-4-9-21(29)28(20-8-5-7-19(16-20)23(24,25)26)15-6-14-27-22(30)18-12-10-17(2)11-13-18/h5,7-8,10-13,16H,3-4,6,9,14-15H2,1-2H3,(H,27,30). The van der Waals surface area contributed by atoms with Crippen LogP contribution in [0, 0.1) is 6.92 Å². The van der Waals surface area contributed by atoms with Gasteiger partial charge in [0.1, 0.15) is 0 Å². The first-order valence-electron chi connectivity index (χ1n) is 10.0. The number of nitrogens with one attached hydrogen (secondary N) is 1. The normalized spacial score (nSPS) is 11.2. The van der Waals surface area contributed by atoms with Crippen molar-refractivity contribution in [1.82, 2.24) is 5.32 Å². The molecule has 0 aromatic heterocycles. The van der Waals surface area contributed by atoms with Gasteiger partial charge in [-0.15, -0.1) is 0 Å². The van der Waals surface area contributed by atoms with Gasteiger partial charge >= 0.3 is 6.18 Å². The summed E-state index contributed by atoms with van der Waals surface area (Å²) in [6, 6.07) is 11.9. The maximum Gasteiger partial charge on any atom is 0.416 e. The molecule has 0 aliphatic carbocycles. The summed E-state index contributed by atoms with van der Waals surface area (Å²) in [5, 5.41) is 2.79. The minimum Gasteiger partial charge on any atom is -0.352 e. The number of hydrogen-bond donors (Lipinski definition) is 1. The Bertz CT molecular complexity index is 848. The fourth-order valence-electron chi connectivity index (χ4n) is 2.96. The van der Waals surface area contributed by atoms with Gasteiger partial charge in [-0.3, -0.25) is 9.59 Å². The third-order valence-corrected chi connectivity index (χ3v) is 4.69. The van der Waals surface area contributed by atoms with Crippen LogP contribution in [-0.4, -0.2) is 24.9 Å². The van der Waals surface area contributed by atoms with Crippen LogP contribution in [0.15, 0.2) is 48.5 Å². The van der Waals surface area contributed by atoms with Crippen LogP contribution in [0.1, 0.15) is 54.1 Å². The van der Waals surface area contributed by atoms with Gasteiger partial charge in [0.05, 0.1) is 5.56 Å². The number of aryl methyl sites for hydroxylation is 1. The fourth-order valence-corrected chi connectivity index (χ4v) is 2.96. The third kappa shape index (κ3) is 6.90. The average molecular weight is 420 g/mol. The van der Waals surface area contributed by atoms with E-state index in [1.54, 1.807) is 12.1 Å². The molecule has 2 amide bonds. The SMILES string of the molecule is CCCCC(=O)N(CCCNC(=O)c1ccc(C)cc1)c1cccc(C(F)(F)F)c1. The van der Waals surface area contributed by atoms with Gasteiger partial charge in [0.2, 0.25) is 5.91 Å². The molecule has 2 rings (SSSR count). The van der Waals surface area contributed by atoms with Crippen LogP contribution < -0.4 is 10.2 Å². The summed E-state index contributed by atoms with van der Waals surface area (Å²) in [4.78, 5) is 26.2. The molecule has 0 radical (unpaired) electrons. The van der Waals surface area contributed by atoms with Crippen molar-refractivity contribution >= 4 is 17.5 Å². The zero-order chi connectivity index (χ0) is 22.1. The molecule has 0 saturated carbocycles. The van der Waals surface area contributed by atoms with Gasteiger partial charge < -0.3 is 10.2 Å². The van der Waals surface area contributed by atoms with Crippen LogP contribution in [0.4, 0.5) is 18.9 Å². The van der Waals surface area contributed by atoms with Gasteiger partial charge in [0.25, 0.3) is 5.91 Å². The van der Waals surface area contributed by atoms with Crippen LogP contribution in [-0.2, 0) is 11.0 Å². The van der Waals surface area contributed by atoms with Gasteiger partial charge in [0.15, 0.2) is 0 Å². The van der Waals surface area contributed by atoms with Crippen molar-refractivity contribution < 1.29 is 22.8 Å². The molecule has 0 bridgehead atoms. The Balaban J connectivity index is 2.02. The van der Waals surface area contributed by atoms with E-state index in [-0.39, 0.29) is 30.5 Å². The van der Waals surface area contributed by atoms with Crippen molar-refractivity contribution in [3.8, 4) is 0 Å². The van der Waals surface area contributed by atoms with Crippen molar-refractivity contribution in [3.05, 3.63) is 65.2 Å². The summed E-state index contributed by atoms with van der Waals surface area (Å²) in [6.45, 7) is 4.41. The molecule has 1 N–H and O–H groups in total. The van der Waals surface area contributed by atoms with Crippen LogP contribution in [0.2, 0.25) is 0 Å². The molecule has 0 aliphatic heterocycles. The van der Waals surface area contributed by atoms with Gasteiger partial charge in [0, 0.05) is 30.8 Å². The first kappa shape index (κ1) is 23.4. The summed E-state index contributed by atoms with van der Waals surface area (Å²) < 4.78 is 39.2. The molecule has 0 spiro atoms. The van der Waals surface area contributed by atoms with Crippen LogP contribution in [0.3, 0.4) is 0 Å². The molecule has 0 aliphatic rings. The molecule has 2 aromatic carbocycles. The largest absolute Gasteiger partial charge is 0.416 e. The molecular weight excluding hydrogens is 393 g/mol. The van der Waals surface area contributed by atoms with Crippen molar-refractivity contribution in [2.75, 3.05) is 18.0 Å². The minimum atomic E-state index is -4.48. The van der Waals surface area contributed by atoms with E-state index in [2.05, 4.69) is 5.32 Å². The molecular formula is C23H27F3N2O2. The van der Waals surface area contributed by atoms with E-state index >= 15 is 0 Å². The van der Waals surface area contributed by atoms with Crippen LogP contribution in [0.25, 0.3) is 0 Å². The lowest BCUT2D eigenvalue weighted by atomic mass is 10.1. The highest BCUT2D eigenvalue weighted by molar-refractivity contribution is 5.94. The van der Waals surface area contributed by atoms with E-state index in [1.165, 1.54) is 17.0 Å². The Morgan fingerprint density at radius 1 is 1.03 bits per heavy atom. The maximum absolute atomic E-state index is 13.1. The first-order chi connectivity index (χ1) is 14.2. The Labute approximate surface area is 175 Å².